The molecular weight excluding hydrogens is 287 g/mol. The van der Waals surface area contributed by atoms with Gasteiger partial charge in [0.25, 0.3) is 5.91 Å². The van der Waals surface area contributed by atoms with Crippen molar-refractivity contribution in [3.8, 4) is 0 Å². The second-order valence-corrected chi connectivity index (χ2v) is 6.35. The molecule has 1 unspecified atom stereocenters. The van der Waals surface area contributed by atoms with Crippen LogP contribution < -0.4 is 10.6 Å². The van der Waals surface area contributed by atoms with E-state index in [1.807, 2.05) is 0 Å². The first kappa shape index (κ1) is 14.7. The maximum Gasteiger partial charge on any atom is 0.327 e. The lowest BCUT2D eigenvalue weighted by atomic mass is 10.2. The molecule has 110 valence electrons. The minimum Gasteiger partial charge on any atom is -0.364 e. The molecule has 0 aliphatic carbocycles. The number of carbonyl (C=O) groups is 2. The SMILES string of the molecule is CC(=O)N1CCC(CP(=O)(O)O)n2cc(C(N)=O)nc21. The van der Waals surface area contributed by atoms with Crippen LogP contribution in [0.4, 0.5) is 5.95 Å². The number of carbonyl (C=O) groups excluding carboxylic acids is 2. The molecule has 10 heteroatoms. The Labute approximate surface area is 114 Å². The highest BCUT2D eigenvalue weighted by Crippen LogP contribution is 2.42. The van der Waals surface area contributed by atoms with Crippen LogP contribution in [0.3, 0.4) is 0 Å². The van der Waals surface area contributed by atoms with Crippen molar-refractivity contribution in [1.29, 1.82) is 0 Å². The van der Waals surface area contributed by atoms with Gasteiger partial charge in [-0.3, -0.25) is 19.1 Å². The molecule has 0 saturated heterocycles. The highest BCUT2D eigenvalue weighted by atomic mass is 31.2. The first-order valence-electron chi connectivity index (χ1n) is 5.90. The van der Waals surface area contributed by atoms with Crippen molar-refractivity contribution in [2.75, 3.05) is 17.6 Å². The van der Waals surface area contributed by atoms with Crippen molar-refractivity contribution < 1.29 is 23.9 Å². The molecule has 4 N–H and O–H groups in total. The van der Waals surface area contributed by atoms with Crippen molar-refractivity contribution in [2.24, 2.45) is 5.73 Å². The second-order valence-electron chi connectivity index (χ2n) is 4.66. The van der Waals surface area contributed by atoms with Crippen LogP contribution in [0.1, 0.15) is 29.9 Å². The Kier molecular flexibility index (Phi) is 3.68. The molecule has 1 aliphatic rings. The molecule has 1 atom stereocenters. The number of nitrogens with zero attached hydrogens (tertiary/aromatic N) is 3. The van der Waals surface area contributed by atoms with E-state index in [1.165, 1.54) is 22.6 Å². The minimum atomic E-state index is -4.22. The van der Waals surface area contributed by atoms with Crippen molar-refractivity contribution in [3.05, 3.63) is 11.9 Å². The monoisotopic (exact) mass is 302 g/mol. The van der Waals surface area contributed by atoms with Crippen LogP contribution in [-0.2, 0) is 9.36 Å². The third-order valence-corrected chi connectivity index (χ3v) is 4.01. The van der Waals surface area contributed by atoms with Gasteiger partial charge in [0.05, 0.1) is 6.16 Å². The fourth-order valence-electron chi connectivity index (χ4n) is 2.24. The molecule has 2 rings (SSSR count). The fraction of sp³-hybridized carbons (Fsp3) is 0.500. The summed E-state index contributed by atoms with van der Waals surface area (Å²) in [5, 5.41) is 0. The second kappa shape index (κ2) is 5.01. The number of imidazole rings is 1. The normalized spacial score (nSPS) is 18.8. The molecule has 1 aromatic heterocycles. The van der Waals surface area contributed by atoms with Gasteiger partial charge < -0.3 is 20.1 Å². The Morgan fingerprint density at radius 1 is 1.55 bits per heavy atom. The van der Waals surface area contributed by atoms with Gasteiger partial charge in [-0.15, -0.1) is 0 Å². The van der Waals surface area contributed by atoms with E-state index in [4.69, 9.17) is 15.5 Å². The van der Waals surface area contributed by atoms with Crippen LogP contribution in [0.25, 0.3) is 0 Å². The molecule has 0 saturated carbocycles. The number of aromatic nitrogens is 2. The zero-order chi connectivity index (χ0) is 15.1. The number of nitrogens with two attached hydrogens (primary N) is 1. The van der Waals surface area contributed by atoms with Gasteiger partial charge >= 0.3 is 7.60 Å². The molecule has 0 fully saturated rings. The Morgan fingerprint density at radius 2 is 2.20 bits per heavy atom. The van der Waals surface area contributed by atoms with Gasteiger partial charge in [0.2, 0.25) is 11.9 Å². The molecule has 1 aromatic rings. The smallest absolute Gasteiger partial charge is 0.327 e. The summed E-state index contributed by atoms with van der Waals surface area (Å²) in [6.07, 6.45) is 1.32. The number of primary amides is 1. The van der Waals surface area contributed by atoms with Crippen LogP contribution in [0.2, 0.25) is 0 Å². The van der Waals surface area contributed by atoms with Gasteiger partial charge in [-0.25, -0.2) is 4.98 Å². The lowest BCUT2D eigenvalue weighted by molar-refractivity contribution is -0.116. The van der Waals surface area contributed by atoms with E-state index in [1.54, 1.807) is 0 Å². The fourth-order valence-corrected chi connectivity index (χ4v) is 3.15. The molecule has 1 aliphatic heterocycles. The zero-order valence-corrected chi connectivity index (χ0v) is 11.7. The summed E-state index contributed by atoms with van der Waals surface area (Å²) in [5.41, 5.74) is 5.11. The standard InChI is InChI=1S/C10H15N4O5P/c1-6(15)13-3-2-7(5-20(17,18)19)14-4-8(9(11)16)12-10(13)14/h4,7H,2-3,5H2,1H3,(H2,11,16)(H2,17,18,19). The van der Waals surface area contributed by atoms with Crippen molar-refractivity contribution in [1.82, 2.24) is 9.55 Å². The van der Waals surface area contributed by atoms with E-state index in [-0.39, 0.29) is 30.3 Å². The lowest BCUT2D eigenvalue weighted by Gasteiger charge is -2.32. The van der Waals surface area contributed by atoms with Gasteiger partial charge in [-0.1, -0.05) is 0 Å². The third kappa shape index (κ3) is 2.90. The van der Waals surface area contributed by atoms with Crippen LogP contribution in [0.15, 0.2) is 6.20 Å². The van der Waals surface area contributed by atoms with Crippen molar-refractivity contribution in [3.63, 3.8) is 0 Å². The summed E-state index contributed by atoms with van der Waals surface area (Å²) in [5.74, 6) is -0.830. The number of anilines is 1. The average Bonchev–Trinajstić information content (AvgIpc) is 2.71. The zero-order valence-electron chi connectivity index (χ0n) is 10.8. The Balaban J connectivity index is 2.44. The number of hydrogen-bond donors (Lipinski definition) is 3. The molecular formula is C10H15N4O5P. The number of hydrogen-bond acceptors (Lipinski definition) is 4. The summed E-state index contributed by atoms with van der Waals surface area (Å²) >= 11 is 0. The number of amides is 2. The van der Waals surface area contributed by atoms with Crippen LogP contribution in [0.5, 0.6) is 0 Å². The predicted molar refractivity (Wildman–Crippen MR) is 69.3 cm³/mol. The Morgan fingerprint density at radius 3 is 2.70 bits per heavy atom. The summed E-state index contributed by atoms with van der Waals surface area (Å²) in [7, 11) is -4.22. The highest BCUT2D eigenvalue weighted by Gasteiger charge is 2.33. The minimum absolute atomic E-state index is 0.0381. The van der Waals surface area contributed by atoms with Crippen LogP contribution in [-0.4, -0.2) is 43.9 Å². The van der Waals surface area contributed by atoms with Gasteiger partial charge in [0.15, 0.2) is 0 Å². The first-order chi connectivity index (χ1) is 9.19. The molecule has 2 amide bonds. The van der Waals surface area contributed by atoms with Gasteiger partial charge in [0, 0.05) is 25.7 Å². The molecule has 0 aromatic carbocycles. The quantitative estimate of drug-likeness (QED) is 0.641. The van der Waals surface area contributed by atoms with Gasteiger partial charge in [-0.2, -0.15) is 0 Å². The van der Waals surface area contributed by atoms with E-state index >= 15 is 0 Å². The molecule has 9 nitrogen and oxygen atoms in total. The van der Waals surface area contributed by atoms with E-state index < -0.39 is 19.5 Å². The molecule has 0 spiro atoms. The summed E-state index contributed by atoms with van der Waals surface area (Å²) < 4.78 is 12.6. The lowest BCUT2D eigenvalue weighted by Crippen LogP contribution is -2.38. The van der Waals surface area contributed by atoms with E-state index in [0.29, 0.717) is 6.42 Å². The Bertz CT molecular complexity index is 607. The number of rotatable bonds is 3. The average molecular weight is 302 g/mol. The maximum atomic E-state index is 11.5. The van der Waals surface area contributed by atoms with Crippen molar-refractivity contribution in [2.45, 2.75) is 19.4 Å². The van der Waals surface area contributed by atoms with Crippen LogP contribution in [0, 0.1) is 0 Å². The third-order valence-electron chi connectivity index (χ3n) is 3.11. The molecule has 2 heterocycles. The maximum absolute atomic E-state index is 11.5. The molecule has 0 radical (unpaired) electrons. The van der Waals surface area contributed by atoms with Gasteiger partial charge in [-0.05, 0) is 6.42 Å². The topological polar surface area (TPSA) is 139 Å². The summed E-state index contributed by atoms with van der Waals surface area (Å²) in [6, 6.07) is -0.526. The van der Waals surface area contributed by atoms with E-state index in [2.05, 4.69) is 4.98 Å². The van der Waals surface area contributed by atoms with Crippen LogP contribution >= 0.6 is 7.60 Å². The largest absolute Gasteiger partial charge is 0.364 e. The van der Waals surface area contributed by atoms with Crippen molar-refractivity contribution >= 4 is 25.4 Å². The van der Waals surface area contributed by atoms with E-state index in [9.17, 15) is 14.2 Å². The molecule has 0 bridgehead atoms. The summed E-state index contributed by atoms with van der Waals surface area (Å²) in [6.45, 7) is 1.64. The van der Waals surface area contributed by atoms with E-state index in [0.717, 1.165) is 0 Å². The summed E-state index contributed by atoms with van der Waals surface area (Å²) in [4.78, 5) is 46.2. The van der Waals surface area contributed by atoms with Gasteiger partial charge in [0.1, 0.15) is 5.69 Å². The molecule has 20 heavy (non-hydrogen) atoms. The number of fused-ring (bicyclic) bond motifs is 1. The Hall–Kier alpha value is -1.70. The predicted octanol–water partition coefficient (Wildman–Crippen LogP) is -0.543. The first-order valence-corrected chi connectivity index (χ1v) is 7.70. The highest BCUT2D eigenvalue weighted by molar-refractivity contribution is 7.51.